The van der Waals surface area contributed by atoms with Gasteiger partial charge in [0.2, 0.25) is 0 Å². The molecule has 16 heavy (non-hydrogen) atoms. The molecule has 0 saturated carbocycles. The van der Waals surface area contributed by atoms with E-state index in [4.69, 9.17) is 11.6 Å². The average Bonchev–Trinajstić information content (AvgIpc) is 2.29. The van der Waals surface area contributed by atoms with E-state index in [1.807, 2.05) is 6.07 Å². The Kier molecular flexibility index (Phi) is 3.89. The van der Waals surface area contributed by atoms with Crippen LogP contribution in [0.3, 0.4) is 0 Å². The summed E-state index contributed by atoms with van der Waals surface area (Å²) in [6.07, 6.45) is 3.38. The van der Waals surface area contributed by atoms with Crippen molar-refractivity contribution in [1.29, 1.82) is 0 Å². The van der Waals surface area contributed by atoms with Crippen molar-refractivity contribution in [2.75, 3.05) is 0 Å². The van der Waals surface area contributed by atoms with Crippen molar-refractivity contribution in [3.05, 3.63) is 39.2 Å². The van der Waals surface area contributed by atoms with E-state index in [-0.39, 0.29) is 0 Å². The van der Waals surface area contributed by atoms with Crippen LogP contribution in [0.2, 0.25) is 0 Å². The van der Waals surface area contributed by atoms with Crippen molar-refractivity contribution >= 4 is 43.5 Å². The van der Waals surface area contributed by atoms with Gasteiger partial charge in [-0.3, -0.25) is 4.98 Å². The summed E-state index contributed by atoms with van der Waals surface area (Å²) in [6, 6.07) is 3.68. The van der Waals surface area contributed by atoms with Gasteiger partial charge in [0.15, 0.2) is 5.82 Å². The largest absolute Gasteiger partial charge is 0.251 e. The van der Waals surface area contributed by atoms with Crippen LogP contribution in [-0.4, -0.2) is 15.0 Å². The van der Waals surface area contributed by atoms with Gasteiger partial charge >= 0.3 is 0 Å². The molecule has 0 aromatic carbocycles. The molecule has 0 bridgehead atoms. The quantitative estimate of drug-likeness (QED) is 0.762. The summed E-state index contributed by atoms with van der Waals surface area (Å²) >= 11 is 12.5. The van der Waals surface area contributed by atoms with Gasteiger partial charge in [0, 0.05) is 21.3 Å². The fourth-order valence-electron chi connectivity index (χ4n) is 1.16. The fourth-order valence-corrected chi connectivity index (χ4v) is 2.48. The Morgan fingerprint density at radius 2 is 2.06 bits per heavy atom. The van der Waals surface area contributed by atoms with Gasteiger partial charge in [-0.15, -0.1) is 11.6 Å². The standard InChI is InChI=1S/C10H6Br2ClN3/c11-6-3-8(12)9(15-5-6)10-14-2-1-7(4-13)16-10/h1-3,5H,4H2. The van der Waals surface area contributed by atoms with Crippen molar-refractivity contribution < 1.29 is 0 Å². The van der Waals surface area contributed by atoms with E-state index in [1.54, 1.807) is 18.5 Å². The Morgan fingerprint density at radius 3 is 2.75 bits per heavy atom. The Labute approximate surface area is 115 Å². The van der Waals surface area contributed by atoms with E-state index in [0.717, 1.165) is 14.6 Å². The minimum absolute atomic E-state index is 0.365. The Bertz CT molecular complexity index is 519. The number of halogens is 3. The summed E-state index contributed by atoms with van der Waals surface area (Å²) in [5, 5.41) is 0. The second kappa shape index (κ2) is 5.21. The van der Waals surface area contributed by atoms with Crippen LogP contribution in [0.25, 0.3) is 11.5 Å². The summed E-state index contributed by atoms with van der Waals surface area (Å²) in [6.45, 7) is 0. The highest BCUT2D eigenvalue weighted by Crippen LogP contribution is 2.26. The zero-order valence-corrected chi connectivity index (χ0v) is 11.9. The van der Waals surface area contributed by atoms with Crippen molar-refractivity contribution in [2.24, 2.45) is 0 Å². The molecule has 0 aliphatic rings. The SMILES string of the molecule is ClCc1ccnc(-c2ncc(Br)cc2Br)n1. The molecule has 0 unspecified atom stereocenters. The maximum atomic E-state index is 5.72. The lowest BCUT2D eigenvalue weighted by Crippen LogP contribution is -1.95. The molecule has 3 nitrogen and oxygen atoms in total. The number of alkyl halides is 1. The first-order chi connectivity index (χ1) is 7.70. The first-order valence-corrected chi connectivity index (χ1v) is 6.52. The Hall–Kier alpha value is -0.520. The molecule has 0 aliphatic carbocycles. The molecule has 0 saturated heterocycles. The Balaban J connectivity index is 2.49. The van der Waals surface area contributed by atoms with Crippen molar-refractivity contribution in [1.82, 2.24) is 15.0 Å². The first-order valence-electron chi connectivity index (χ1n) is 4.40. The molecule has 0 amide bonds. The number of pyridine rings is 1. The van der Waals surface area contributed by atoms with E-state index in [1.165, 1.54) is 0 Å². The van der Waals surface area contributed by atoms with Crippen LogP contribution >= 0.6 is 43.5 Å². The van der Waals surface area contributed by atoms with Crippen molar-refractivity contribution in [2.45, 2.75) is 5.88 Å². The van der Waals surface area contributed by atoms with E-state index in [9.17, 15) is 0 Å². The number of hydrogen-bond donors (Lipinski definition) is 0. The summed E-state index contributed by atoms with van der Waals surface area (Å²) in [4.78, 5) is 12.7. The number of aromatic nitrogens is 3. The summed E-state index contributed by atoms with van der Waals surface area (Å²) in [7, 11) is 0. The van der Waals surface area contributed by atoms with Gasteiger partial charge in [0.05, 0.1) is 11.6 Å². The third kappa shape index (κ3) is 2.59. The van der Waals surface area contributed by atoms with Crippen molar-refractivity contribution in [3.8, 4) is 11.5 Å². The molecule has 0 N–H and O–H groups in total. The predicted octanol–water partition coefficient (Wildman–Crippen LogP) is 3.80. The smallest absolute Gasteiger partial charge is 0.179 e. The molecule has 6 heteroatoms. The predicted molar refractivity (Wildman–Crippen MR) is 70.2 cm³/mol. The maximum absolute atomic E-state index is 5.72. The molecule has 2 heterocycles. The average molecular weight is 363 g/mol. The second-order valence-corrected chi connectivity index (χ2v) is 5.03. The molecule has 2 aromatic rings. The van der Waals surface area contributed by atoms with Gasteiger partial charge in [0.25, 0.3) is 0 Å². The number of hydrogen-bond acceptors (Lipinski definition) is 3. The van der Waals surface area contributed by atoms with Crippen LogP contribution in [0, 0.1) is 0 Å². The fraction of sp³-hybridized carbons (Fsp3) is 0.100. The van der Waals surface area contributed by atoms with E-state index >= 15 is 0 Å². The molecule has 82 valence electrons. The number of nitrogens with zero attached hydrogens (tertiary/aromatic N) is 3. The lowest BCUT2D eigenvalue weighted by molar-refractivity contribution is 1.07. The van der Waals surface area contributed by atoms with Crippen LogP contribution in [0.5, 0.6) is 0 Å². The third-order valence-electron chi connectivity index (χ3n) is 1.87. The summed E-state index contributed by atoms with van der Waals surface area (Å²) < 4.78 is 1.74. The highest BCUT2D eigenvalue weighted by Gasteiger charge is 2.08. The van der Waals surface area contributed by atoms with Crippen LogP contribution < -0.4 is 0 Å². The zero-order valence-electron chi connectivity index (χ0n) is 7.99. The van der Waals surface area contributed by atoms with E-state index < -0.39 is 0 Å². The van der Waals surface area contributed by atoms with Crippen LogP contribution in [0.1, 0.15) is 5.69 Å². The van der Waals surface area contributed by atoms with E-state index in [0.29, 0.717) is 17.4 Å². The monoisotopic (exact) mass is 361 g/mol. The van der Waals surface area contributed by atoms with Gasteiger partial charge in [-0.1, -0.05) is 0 Å². The maximum Gasteiger partial charge on any atom is 0.179 e. The molecule has 2 rings (SSSR count). The van der Waals surface area contributed by atoms with Crippen molar-refractivity contribution in [3.63, 3.8) is 0 Å². The third-order valence-corrected chi connectivity index (χ3v) is 3.18. The topological polar surface area (TPSA) is 38.7 Å². The summed E-state index contributed by atoms with van der Waals surface area (Å²) in [5.74, 6) is 0.932. The van der Waals surface area contributed by atoms with E-state index in [2.05, 4.69) is 46.8 Å². The lowest BCUT2D eigenvalue weighted by Gasteiger charge is -2.03. The van der Waals surface area contributed by atoms with Crippen LogP contribution in [0.15, 0.2) is 33.5 Å². The lowest BCUT2D eigenvalue weighted by atomic mass is 10.3. The molecular weight excluding hydrogens is 357 g/mol. The molecule has 0 spiro atoms. The van der Waals surface area contributed by atoms with Gasteiger partial charge < -0.3 is 0 Å². The molecule has 0 radical (unpaired) electrons. The van der Waals surface area contributed by atoms with Gasteiger partial charge in [0.1, 0.15) is 5.69 Å². The minimum atomic E-state index is 0.365. The molecule has 0 fully saturated rings. The summed E-state index contributed by atoms with van der Waals surface area (Å²) in [5.41, 5.74) is 1.48. The number of rotatable bonds is 2. The highest BCUT2D eigenvalue weighted by molar-refractivity contribution is 9.11. The van der Waals surface area contributed by atoms with Gasteiger partial charge in [-0.05, 0) is 44.0 Å². The normalized spacial score (nSPS) is 10.4. The minimum Gasteiger partial charge on any atom is -0.251 e. The second-order valence-electron chi connectivity index (χ2n) is 2.99. The van der Waals surface area contributed by atoms with Crippen LogP contribution in [-0.2, 0) is 5.88 Å². The highest BCUT2D eigenvalue weighted by atomic mass is 79.9. The van der Waals surface area contributed by atoms with Gasteiger partial charge in [-0.2, -0.15) is 0 Å². The molecule has 2 aromatic heterocycles. The molecule has 0 aliphatic heterocycles. The Morgan fingerprint density at radius 1 is 1.25 bits per heavy atom. The van der Waals surface area contributed by atoms with Gasteiger partial charge in [-0.25, -0.2) is 9.97 Å². The van der Waals surface area contributed by atoms with Crippen LogP contribution in [0.4, 0.5) is 0 Å². The first kappa shape index (κ1) is 12.0. The molecule has 0 atom stereocenters. The molecular formula is C10H6Br2ClN3. The zero-order chi connectivity index (χ0) is 11.5.